The van der Waals surface area contributed by atoms with Gasteiger partial charge in [0.2, 0.25) is 0 Å². The van der Waals surface area contributed by atoms with Crippen LogP contribution < -0.4 is 4.74 Å². The first-order valence-electron chi connectivity index (χ1n) is 12.4. The van der Waals surface area contributed by atoms with E-state index < -0.39 is 0 Å². The zero-order valence-corrected chi connectivity index (χ0v) is 20.3. The third-order valence-electron chi connectivity index (χ3n) is 7.54. The Labute approximate surface area is 193 Å². The van der Waals surface area contributed by atoms with Gasteiger partial charge in [0.05, 0.1) is 6.61 Å². The lowest BCUT2D eigenvalue weighted by atomic mass is 9.69. The Morgan fingerprint density at radius 1 is 0.900 bits per heavy atom. The molecular formula is C28H41BrO. The summed E-state index contributed by atoms with van der Waals surface area (Å²) in [7, 11) is 0. The molecule has 0 bridgehead atoms. The van der Waals surface area contributed by atoms with Gasteiger partial charge in [-0.3, -0.25) is 0 Å². The lowest BCUT2D eigenvalue weighted by Crippen LogP contribution is -2.25. The summed E-state index contributed by atoms with van der Waals surface area (Å²) < 4.78 is 6.00. The van der Waals surface area contributed by atoms with Crippen molar-refractivity contribution in [3.05, 3.63) is 53.5 Å². The molecule has 0 atom stereocenters. The van der Waals surface area contributed by atoms with Gasteiger partial charge < -0.3 is 4.74 Å². The molecule has 0 spiro atoms. The summed E-state index contributed by atoms with van der Waals surface area (Å²) in [6.45, 7) is 4.65. The van der Waals surface area contributed by atoms with Crippen LogP contribution >= 0.6 is 15.9 Å². The van der Waals surface area contributed by atoms with Crippen molar-refractivity contribution < 1.29 is 4.74 Å². The van der Waals surface area contributed by atoms with E-state index in [0.717, 1.165) is 48.9 Å². The highest BCUT2D eigenvalue weighted by Gasteiger charge is 2.30. The first kappa shape index (κ1) is 23.6. The number of allylic oxidation sites excluding steroid dienone is 2. The van der Waals surface area contributed by atoms with E-state index in [1.54, 1.807) is 0 Å². The van der Waals surface area contributed by atoms with E-state index in [1.807, 2.05) is 6.08 Å². The van der Waals surface area contributed by atoms with Gasteiger partial charge in [0, 0.05) is 0 Å². The Hall–Kier alpha value is -1.02. The molecule has 30 heavy (non-hydrogen) atoms. The second kappa shape index (κ2) is 13.4. The number of aryl methyl sites for hydroxylation is 1. The number of hydrogen-bond acceptors (Lipinski definition) is 1. The summed E-state index contributed by atoms with van der Waals surface area (Å²) >= 11 is 3.44. The Morgan fingerprint density at radius 3 is 2.20 bits per heavy atom. The minimum absolute atomic E-state index is 0.824. The lowest BCUT2D eigenvalue weighted by Gasteiger charge is -2.37. The molecule has 1 aromatic carbocycles. The first-order valence-corrected chi connectivity index (χ1v) is 13.3. The van der Waals surface area contributed by atoms with E-state index in [2.05, 4.69) is 57.8 Å². The number of hydrogen-bond donors (Lipinski definition) is 0. The van der Waals surface area contributed by atoms with Gasteiger partial charge in [0.1, 0.15) is 5.75 Å². The van der Waals surface area contributed by atoms with Crippen LogP contribution in [0.1, 0.15) is 82.6 Å². The van der Waals surface area contributed by atoms with Gasteiger partial charge in [0.25, 0.3) is 0 Å². The molecule has 0 amide bonds. The molecule has 2 aliphatic rings. The molecule has 1 nitrogen and oxygen atoms in total. The van der Waals surface area contributed by atoms with Gasteiger partial charge in [-0.2, -0.15) is 0 Å². The van der Waals surface area contributed by atoms with Gasteiger partial charge >= 0.3 is 0 Å². The molecule has 0 unspecified atom stereocenters. The summed E-state index contributed by atoms with van der Waals surface area (Å²) in [6, 6.07) is 8.69. The van der Waals surface area contributed by atoms with Crippen molar-refractivity contribution in [2.75, 3.05) is 6.61 Å². The van der Waals surface area contributed by atoms with Crippen LogP contribution in [0.3, 0.4) is 0 Å². The maximum absolute atomic E-state index is 6.00. The lowest BCUT2D eigenvalue weighted by molar-refractivity contribution is 0.149. The number of benzene rings is 1. The van der Waals surface area contributed by atoms with E-state index in [0.29, 0.717) is 0 Å². The van der Waals surface area contributed by atoms with Crippen LogP contribution in [0, 0.1) is 23.7 Å². The van der Waals surface area contributed by atoms with Crippen molar-refractivity contribution in [3.63, 3.8) is 0 Å². The van der Waals surface area contributed by atoms with Crippen LogP contribution in [0.4, 0.5) is 0 Å². The second-order valence-electron chi connectivity index (χ2n) is 9.59. The molecule has 2 aliphatic carbocycles. The number of halogens is 1. The van der Waals surface area contributed by atoms with Crippen LogP contribution in [0.25, 0.3) is 0 Å². The SMILES string of the molecule is C=CCCCc1ccc(OCCCC2CCC([C@H]3CC[C@H](/C=C/Br)CC3)CC2)cc1. The Bertz CT molecular complexity index is 619. The first-order chi connectivity index (χ1) is 14.8. The molecule has 2 saturated carbocycles. The quantitative estimate of drug-likeness (QED) is 0.230. The molecule has 0 saturated heterocycles. The number of rotatable bonds is 11. The highest BCUT2D eigenvalue weighted by Crippen LogP contribution is 2.42. The summed E-state index contributed by atoms with van der Waals surface area (Å²) in [5, 5.41) is 0. The van der Waals surface area contributed by atoms with Gasteiger partial charge in [-0.15, -0.1) is 6.58 Å². The average molecular weight is 474 g/mol. The fraction of sp³-hybridized carbons (Fsp3) is 0.643. The summed E-state index contributed by atoms with van der Waals surface area (Å²) in [5.74, 6) is 4.80. The van der Waals surface area contributed by atoms with Crippen LogP contribution in [0.15, 0.2) is 48.0 Å². The molecular weight excluding hydrogens is 432 g/mol. The monoisotopic (exact) mass is 472 g/mol. The molecule has 2 heteroatoms. The standard InChI is InChI=1S/C28H41BrO/c1-2-3-4-6-23-12-18-28(19-13-23)30-22-5-7-24-8-14-26(15-9-24)27-16-10-25(11-17-27)20-21-29/h2,12-13,18-21,24-27H,1,3-11,14-17,22H2/b21-20+/t24?,25-,26?,27-. The van der Waals surface area contributed by atoms with Crippen molar-refractivity contribution in [1.82, 2.24) is 0 Å². The summed E-state index contributed by atoms with van der Waals surface area (Å²) in [6.07, 6.45) is 21.9. The van der Waals surface area contributed by atoms with E-state index in [9.17, 15) is 0 Å². The van der Waals surface area contributed by atoms with Crippen molar-refractivity contribution in [2.24, 2.45) is 23.7 Å². The third-order valence-corrected chi connectivity index (χ3v) is 7.85. The van der Waals surface area contributed by atoms with Crippen molar-refractivity contribution in [1.29, 1.82) is 0 Å². The van der Waals surface area contributed by atoms with Crippen molar-refractivity contribution >= 4 is 15.9 Å². The molecule has 0 aromatic heterocycles. The number of ether oxygens (including phenoxy) is 1. The van der Waals surface area contributed by atoms with Crippen LogP contribution in [0.2, 0.25) is 0 Å². The van der Waals surface area contributed by atoms with Crippen LogP contribution in [-0.4, -0.2) is 6.61 Å². The minimum atomic E-state index is 0.824. The van der Waals surface area contributed by atoms with E-state index in [4.69, 9.17) is 4.74 Å². The normalized spacial score (nSPS) is 27.2. The van der Waals surface area contributed by atoms with E-state index >= 15 is 0 Å². The van der Waals surface area contributed by atoms with Crippen LogP contribution in [-0.2, 0) is 6.42 Å². The van der Waals surface area contributed by atoms with Gasteiger partial charge in [0.15, 0.2) is 0 Å². The fourth-order valence-electron chi connectivity index (χ4n) is 5.62. The summed E-state index contributed by atoms with van der Waals surface area (Å²) in [4.78, 5) is 2.06. The predicted molar refractivity (Wildman–Crippen MR) is 133 cm³/mol. The molecule has 3 rings (SSSR count). The Balaban J connectivity index is 1.26. The molecule has 2 fully saturated rings. The molecule has 0 radical (unpaired) electrons. The van der Waals surface area contributed by atoms with Gasteiger partial charge in [-0.1, -0.05) is 53.1 Å². The summed E-state index contributed by atoms with van der Waals surface area (Å²) in [5.41, 5.74) is 1.40. The highest BCUT2D eigenvalue weighted by atomic mass is 79.9. The van der Waals surface area contributed by atoms with E-state index in [1.165, 1.54) is 76.2 Å². The zero-order valence-electron chi connectivity index (χ0n) is 18.7. The van der Waals surface area contributed by atoms with Crippen molar-refractivity contribution in [3.8, 4) is 5.75 Å². The Morgan fingerprint density at radius 2 is 1.57 bits per heavy atom. The topological polar surface area (TPSA) is 9.23 Å². The molecule has 0 N–H and O–H groups in total. The largest absolute Gasteiger partial charge is 0.494 e. The minimum Gasteiger partial charge on any atom is -0.494 e. The maximum atomic E-state index is 6.00. The molecule has 0 aliphatic heterocycles. The zero-order chi connectivity index (χ0) is 21.0. The molecule has 0 heterocycles. The smallest absolute Gasteiger partial charge is 0.119 e. The van der Waals surface area contributed by atoms with Gasteiger partial charge in [-0.25, -0.2) is 0 Å². The maximum Gasteiger partial charge on any atom is 0.119 e. The van der Waals surface area contributed by atoms with Gasteiger partial charge in [-0.05, 0) is 117 Å². The fourth-order valence-corrected chi connectivity index (χ4v) is 6.06. The molecule has 1 aromatic rings. The second-order valence-corrected chi connectivity index (χ2v) is 10.1. The van der Waals surface area contributed by atoms with E-state index in [-0.39, 0.29) is 0 Å². The molecule has 166 valence electrons. The predicted octanol–water partition coefficient (Wildman–Crippen LogP) is 8.88. The average Bonchev–Trinajstić information content (AvgIpc) is 2.79. The third kappa shape index (κ3) is 7.91. The Kier molecular flexibility index (Phi) is 10.6. The highest BCUT2D eigenvalue weighted by molar-refractivity contribution is 9.11. The van der Waals surface area contributed by atoms with Crippen LogP contribution in [0.5, 0.6) is 5.75 Å². The number of unbranched alkanes of at least 4 members (excludes halogenated alkanes) is 1. The van der Waals surface area contributed by atoms with Crippen molar-refractivity contribution in [2.45, 2.75) is 83.5 Å².